The molecule has 2 aromatic heterocycles. The molecule has 3 rings (SSSR count). The lowest BCUT2D eigenvalue weighted by Gasteiger charge is -2.01. The topological polar surface area (TPSA) is 67.5 Å². The fourth-order valence-electron chi connectivity index (χ4n) is 2.51. The van der Waals surface area contributed by atoms with Crippen LogP contribution in [0.1, 0.15) is 29.7 Å². The Labute approximate surface area is 154 Å². The van der Waals surface area contributed by atoms with Gasteiger partial charge in [-0.3, -0.25) is 4.79 Å². The van der Waals surface area contributed by atoms with Crippen LogP contribution in [-0.4, -0.2) is 16.6 Å². The van der Waals surface area contributed by atoms with E-state index in [2.05, 4.69) is 15.5 Å². The number of carbonyl (C=O) groups excluding carboxylic acids is 1. The molecule has 0 bridgehead atoms. The summed E-state index contributed by atoms with van der Waals surface area (Å²) in [7, 11) is 0. The first kappa shape index (κ1) is 18.0. The molecular weight excluding hydrogens is 353 g/mol. The molecule has 0 fully saturated rings. The molecule has 0 atom stereocenters. The molecule has 5 nitrogen and oxygen atoms in total. The van der Waals surface area contributed by atoms with Gasteiger partial charge in [-0.05, 0) is 51.1 Å². The summed E-state index contributed by atoms with van der Waals surface area (Å²) in [5, 5.41) is 6.70. The number of furan rings is 1. The number of rotatable bonds is 5. The third kappa shape index (κ3) is 4.23. The summed E-state index contributed by atoms with van der Waals surface area (Å²) >= 11 is 1.41. The van der Waals surface area contributed by atoms with Gasteiger partial charge in [0.05, 0.1) is 17.8 Å². The van der Waals surface area contributed by atoms with Crippen LogP contribution in [0.15, 0.2) is 45.2 Å². The van der Waals surface area contributed by atoms with Gasteiger partial charge in [0.15, 0.2) is 0 Å². The van der Waals surface area contributed by atoms with E-state index in [0.717, 1.165) is 27.7 Å². The third-order valence-electron chi connectivity index (χ3n) is 3.76. The van der Waals surface area contributed by atoms with E-state index >= 15 is 0 Å². The van der Waals surface area contributed by atoms with Gasteiger partial charge in [0.25, 0.3) is 0 Å². The maximum Gasteiger partial charge on any atom is 0.246 e. The summed E-state index contributed by atoms with van der Waals surface area (Å²) in [5.74, 6) is 1.02. The Bertz CT molecular complexity index is 958. The minimum absolute atomic E-state index is 0.123. The summed E-state index contributed by atoms with van der Waals surface area (Å²) < 4.78 is 18.5. The first-order valence-electron chi connectivity index (χ1n) is 8.03. The van der Waals surface area contributed by atoms with Crippen molar-refractivity contribution in [1.29, 1.82) is 0 Å². The first-order chi connectivity index (χ1) is 12.4. The van der Waals surface area contributed by atoms with Gasteiger partial charge in [-0.15, -0.1) is 11.3 Å². The minimum Gasteiger partial charge on any atom is -0.466 e. The quantitative estimate of drug-likeness (QED) is 0.539. The Hall–Kier alpha value is -2.80. The van der Waals surface area contributed by atoms with Gasteiger partial charge in [0.1, 0.15) is 22.3 Å². The van der Waals surface area contributed by atoms with E-state index < -0.39 is 0 Å². The van der Waals surface area contributed by atoms with Crippen LogP contribution in [0.4, 0.5) is 4.39 Å². The minimum atomic E-state index is -0.291. The Balaban J connectivity index is 1.62. The molecule has 26 heavy (non-hydrogen) atoms. The molecular formula is C19H18FN3O2S. The average molecular weight is 371 g/mol. The van der Waals surface area contributed by atoms with E-state index in [0.29, 0.717) is 11.4 Å². The summed E-state index contributed by atoms with van der Waals surface area (Å²) in [6.45, 7) is 5.53. The van der Waals surface area contributed by atoms with Gasteiger partial charge in [0, 0.05) is 16.5 Å². The van der Waals surface area contributed by atoms with Crippen LogP contribution in [0, 0.1) is 19.7 Å². The monoisotopic (exact) mass is 371 g/mol. The van der Waals surface area contributed by atoms with Gasteiger partial charge >= 0.3 is 0 Å². The van der Waals surface area contributed by atoms with Crippen molar-refractivity contribution in [3.8, 4) is 10.6 Å². The van der Waals surface area contributed by atoms with Crippen LogP contribution >= 0.6 is 11.3 Å². The number of nitrogens with one attached hydrogen (secondary N) is 1. The highest BCUT2D eigenvalue weighted by Crippen LogP contribution is 2.24. The second-order valence-corrected chi connectivity index (χ2v) is 6.74. The van der Waals surface area contributed by atoms with Gasteiger partial charge in [-0.25, -0.2) is 14.8 Å². The van der Waals surface area contributed by atoms with Crippen molar-refractivity contribution in [2.24, 2.45) is 5.10 Å². The molecule has 1 N–H and O–H groups in total. The largest absolute Gasteiger partial charge is 0.466 e. The third-order valence-corrected chi connectivity index (χ3v) is 4.70. The van der Waals surface area contributed by atoms with Crippen molar-refractivity contribution in [3.05, 3.63) is 64.3 Å². The summed E-state index contributed by atoms with van der Waals surface area (Å²) in [4.78, 5) is 16.5. The Morgan fingerprint density at radius 2 is 2.04 bits per heavy atom. The highest BCUT2D eigenvalue weighted by molar-refractivity contribution is 7.13. The number of benzene rings is 1. The standard InChI is InChI=1S/C19H18FN3O2S/c1-11-8-17(13(3)25-11)12(2)22-23-18(24)9-16-10-26-19(21-16)14-4-6-15(20)7-5-14/h4-8,10H,9H2,1-3H3,(H,23,24)/b22-12-. The van der Waals surface area contributed by atoms with E-state index in [1.54, 1.807) is 12.1 Å². The molecule has 0 saturated carbocycles. The van der Waals surface area contributed by atoms with Crippen LogP contribution in [0.25, 0.3) is 10.6 Å². The number of thiazole rings is 1. The number of hydrazone groups is 1. The second kappa shape index (κ2) is 7.61. The molecule has 0 spiro atoms. The predicted molar refractivity (Wildman–Crippen MR) is 99.7 cm³/mol. The lowest BCUT2D eigenvalue weighted by atomic mass is 10.2. The highest BCUT2D eigenvalue weighted by Gasteiger charge is 2.11. The average Bonchev–Trinajstić information content (AvgIpc) is 3.19. The Kier molecular flexibility index (Phi) is 5.27. The molecule has 0 radical (unpaired) electrons. The zero-order valence-electron chi connectivity index (χ0n) is 14.7. The lowest BCUT2D eigenvalue weighted by Crippen LogP contribution is -2.21. The summed E-state index contributed by atoms with van der Waals surface area (Å²) in [5.41, 5.74) is 5.56. The summed E-state index contributed by atoms with van der Waals surface area (Å²) in [6, 6.07) is 8.00. The molecule has 7 heteroatoms. The Morgan fingerprint density at radius 3 is 2.69 bits per heavy atom. The number of carbonyl (C=O) groups is 1. The van der Waals surface area contributed by atoms with Crippen LogP contribution in [-0.2, 0) is 11.2 Å². The van der Waals surface area contributed by atoms with Crippen molar-refractivity contribution in [2.45, 2.75) is 27.2 Å². The smallest absolute Gasteiger partial charge is 0.246 e. The maximum atomic E-state index is 13.0. The molecule has 0 aliphatic rings. The summed E-state index contributed by atoms with van der Waals surface area (Å²) in [6.07, 6.45) is 0.123. The molecule has 0 unspecified atom stereocenters. The second-order valence-electron chi connectivity index (χ2n) is 5.89. The van der Waals surface area contributed by atoms with Crippen molar-refractivity contribution >= 4 is 23.0 Å². The zero-order valence-corrected chi connectivity index (χ0v) is 15.5. The number of hydrogen-bond acceptors (Lipinski definition) is 5. The van der Waals surface area contributed by atoms with Crippen molar-refractivity contribution < 1.29 is 13.6 Å². The number of halogens is 1. The fraction of sp³-hybridized carbons (Fsp3) is 0.211. The van der Waals surface area contributed by atoms with E-state index in [9.17, 15) is 9.18 Å². The van der Waals surface area contributed by atoms with E-state index in [1.165, 1.54) is 23.5 Å². The van der Waals surface area contributed by atoms with Gasteiger partial charge in [0.2, 0.25) is 5.91 Å². The lowest BCUT2D eigenvalue weighted by molar-refractivity contribution is -0.120. The van der Waals surface area contributed by atoms with Gasteiger partial charge in [-0.1, -0.05) is 0 Å². The van der Waals surface area contributed by atoms with E-state index in [1.807, 2.05) is 32.2 Å². The van der Waals surface area contributed by atoms with Gasteiger partial charge < -0.3 is 4.42 Å². The van der Waals surface area contributed by atoms with Crippen LogP contribution in [0.5, 0.6) is 0 Å². The van der Waals surface area contributed by atoms with Crippen molar-refractivity contribution in [3.63, 3.8) is 0 Å². The zero-order chi connectivity index (χ0) is 18.7. The molecule has 0 aliphatic carbocycles. The van der Waals surface area contributed by atoms with Crippen molar-refractivity contribution in [1.82, 2.24) is 10.4 Å². The number of aromatic nitrogens is 1. The Morgan fingerprint density at radius 1 is 1.31 bits per heavy atom. The number of nitrogens with zero attached hydrogens (tertiary/aromatic N) is 2. The number of aryl methyl sites for hydroxylation is 2. The molecule has 1 aromatic carbocycles. The molecule has 134 valence electrons. The van der Waals surface area contributed by atoms with Crippen molar-refractivity contribution in [2.75, 3.05) is 0 Å². The molecule has 2 heterocycles. The molecule has 0 aliphatic heterocycles. The molecule has 3 aromatic rings. The van der Waals surface area contributed by atoms with Crippen LogP contribution < -0.4 is 5.43 Å². The van der Waals surface area contributed by atoms with Gasteiger partial charge in [-0.2, -0.15) is 5.10 Å². The number of hydrogen-bond donors (Lipinski definition) is 1. The van der Waals surface area contributed by atoms with E-state index in [-0.39, 0.29) is 18.1 Å². The predicted octanol–water partition coefficient (Wildman–Crippen LogP) is 4.24. The fourth-order valence-corrected chi connectivity index (χ4v) is 3.34. The normalized spacial score (nSPS) is 11.6. The number of amides is 1. The highest BCUT2D eigenvalue weighted by atomic mass is 32.1. The van der Waals surface area contributed by atoms with Crippen LogP contribution in [0.2, 0.25) is 0 Å². The molecule has 1 amide bonds. The maximum absolute atomic E-state index is 13.0. The van der Waals surface area contributed by atoms with Crippen LogP contribution in [0.3, 0.4) is 0 Å². The SMILES string of the molecule is C/C(=N/NC(=O)Cc1csc(-c2ccc(F)cc2)n1)c1cc(C)oc1C. The first-order valence-corrected chi connectivity index (χ1v) is 8.91. The molecule has 0 saturated heterocycles. The van der Waals surface area contributed by atoms with E-state index in [4.69, 9.17) is 4.42 Å².